The molecule has 0 spiro atoms. The van der Waals surface area contributed by atoms with Gasteiger partial charge in [-0.25, -0.2) is 0 Å². The van der Waals surface area contributed by atoms with E-state index in [4.69, 9.17) is 11.6 Å². The number of thioether (sulfide) groups is 1. The Bertz CT molecular complexity index is 591. The molecule has 3 rings (SSSR count). The zero-order valence-corrected chi connectivity index (χ0v) is 14.9. The number of carbonyl (C=O) groups excluding carboxylic acids is 1. The zero-order chi connectivity index (χ0) is 15.7. The SMILES string of the molecule is CCCCCC1=C2NC3=C(C(=O)N(CCC)C3)C(Cl)=C2CS1. The summed E-state index contributed by atoms with van der Waals surface area (Å²) in [4.78, 5) is 15.8. The lowest BCUT2D eigenvalue weighted by atomic mass is 10.0. The van der Waals surface area contributed by atoms with Crippen LogP contribution in [0.1, 0.15) is 46.0 Å². The topological polar surface area (TPSA) is 32.3 Å². The molecule has 0 saturated carbocycles. The maximum Gasteiger partial charge on any atom is 0.257 e. The van der Waals surface area contributed by atoms with Crippen LogP contribution in [-0.4, -0.2) is 29.6 Å². The number of nitrogens with one attached hydrogen (secondary N) is 1. The summed E-state index contributed by atoms with van der Waals surface area (Å²) in [6.07, 6.45) is 5.81. The number of rotatable bonds is 6. The Hall–Kier alpha value is -0.870. The second-order valence-electron chi connectivity index (χ2n) is 6.04. The van der Waals surface area contributed by atoms with E-state index in [1.54, 1.807) is 0 Å². The summed E-state index contributed by atoms with van der Waals surface area (Å²) in [6.45, 7) is 5.79. The van der Waals surface area contributed by atoms with Gasteiger partial charge in [0.25, 0.3) is 5.91 Å². The summed E-state index contributed by atoms with van der Waals surface area (Å²) in [6, 6.07) is 0. The fourth-order valence-corrected chi connectivity index (χ4v) is 4.88. The third-order valence-electron chi connectivity index (χ3n) is 4.38. The van der Waals surface area contributed by atoms with E-state index in [1.807, 2.05) is 16.7 Å². The maximum atomic E-state index is 12.5. The number of hydrogen-bond acceptors (Lipinski definition) is 3. The summed E-state index contributed by atoms with van der Waals surface area (Å²) < 4.78 is 0. The average Bonchev–Trinajstić information content (AvgIpc) is 3.03. The molecule has 3 nitrogen and oxygen atoms in total. The van der Waals surface area contributed by atoms with Crippen molar-refractivity contribution in [2.75, 3.05) is 18.8 Å². The van der Waals surface area contributed by atoms with E-state index in [0.29, 0.717) is 17.2 Å². The summed E-state index contributed by atoms with van der Waals surface area (Å²) >= 11 is 8.47. The largest absolute Gasteiger partial charge is 0.356 e. The summed E-state index contributed by atoms with van der Waals surface area (Å²) in [5.74, 6) is 0.978. The molecule has 0 aromatic carbocycles. The average molecular weight is 339 g/mol. The Balaban J connectivity index is 1.84. The van der Waals surface area contributed by atoms with Crippen LogP contribution >= 0.6 is 23.4 Å². The summed E-state index contributed by atoms with van der Waals surface area (Å²) in [5, 5.41) is 4.22. The minimum atomic E-state index is 0.0883. The molecule has 1 amide bonds. The molecule has 0 aromatic heterocycles. The predicted octanol–water partition coefficient (Wildman–Crippen LogP) is 4.13. The number of hydrogen-bond donors (Lipinski definition) is 1. The number of dihydropyridines is 1. The van der Waals surface area contributed by atoms with Crippen molar-refractivity contribution in [1.29, 1.82) is 0 Å². The minimum Gasteiger partial charge on any atom is -0.356 e. The zero-order valence-electron chi connectivity index (χ0n) is 13.3. The van der Waals surface area contributed by atoms with Gasteiger partial charge in [0.1, 0.15) is 0 Å². The molecule has 5 heteroatoms. The van der Waals surface area contributed by atoms with E-state index in [9.17, 15) is 4.79 Å². The van der Waals surface area contributed by atoms with Crippen molar-refractivity contribution in [3.63, 3.8) is 0 Å². The summed E-state index contributed by atoms with van der Waals surface area (Å²) in [5.41, 5.74) is 4.03. The van der Waals surface area contributed by atoms with Crippen molar-refractivity contribution in [2.24, 2.45) is 0 Å². The summed E-state index contributed by atoms with van der Waals surface area (Å²) in [7, 11) is 0. The molecule has 120 valence electrons. The lowest BCUT2D eigenvalue weighted by Crippen LogP contribution is -2.28. The van der Waals surface area contributed by atoms with Crippen molar-refractivity contribution in [2.45, 2.75) is 46.0 Å². The molecule has 0 aromatic rings. The molecule has 0 bridgehead atoms. The molecular weight excluding hydrogens is 316 g/mol. The molecule has 3 aliphatic heterocycles. The first kappa shape index (κ1) is 16.0. The second kappa shape index (κ2) is 6.71. The van der Waals surface area contributed by atoms with Gasteiger partial charge in [-0.1, -0.05) is 38.3 Å². The van der Waals surface area contributed by atoms with Gasteiger partial charge in [0, 0.05) is 28.5 Å². The van der Waals surface area contributed by atoms with Gasteiger partial charge in [0.15, 0.2) is 0 Å². The van der Waals surface area contributed by atoms with E-state index >= 15 is 0 Å². The van der Waals surface area contributed by atoms with Crippen molar-refractivity contribution in [3.8, 4) is 0 Å². The Morgan fingerprint density at radius 3 is 2.82 bits per heavy atom. The smallest absolute Gasteiger partial charge is 0.257 e. The highest BCUT2D eigenvalue weighted by Gasteiger charge is 2.39. The minimum absolute atomic E-state index is 0.0883. The molecule has 0 unspecified atom stereocenters. The molecule has 0 radical (unpaired) electrons. The first-order chi connectivity index (χ1) is 10.7. The fourth-order valence-electron chi connectivity index (χ4n) is 3.23. The first-order valence-electron chi connectivity index (χ1n) is 8.22. The highest BCUT2D eigenvalue weighted by molar-refractivity contribution is 8.03. The fraction of sp³-hybridized carbons (Fsp3) is 0.588. The molecule has 22 heavy (non-hydrogen) atoms. The van der Waals surface area contributed by atoms with Gasteiger partial charge in [-0.3, -0.25) is 4.79 Å². The van der Waals surface area contributed by atoms with Gasteiger partial charge in [-0.15, -0.1) is 11.8 Å². The van der Waals surface area contributed by atoms with Crippen LogP contribution in [0.25, 0.3) is 0 Å². The van der Waals surface area contributed by atoms with E-state index < -0.39 is 0 Å². The predicted molar refractivity (Wildman–Crippen MR) is 93.5 cm³/mol. The lowest BCUT2D eigenvalue weighted by Gasteiger charge is -2.19. The van der Waals surface area contributed by atoms with E-state index in [1.165, 1.54) is 29.9 Å². The van der Waals surface area contributed by atoms with Crippen LogP contribution in [0.15, 0.2) is 32.5 Å². The van der Waals surface area contributed by atoms with E-state index in [2.05, 4.69) is 19.2 Å². The monoisotopic (exact) mass is 338 g/mol. The number of amides is 1. The molecular formula is C17H23ClN2OS. The van der Waals surface area contributed by atoms with Gasteiger partial charge in [0.05, 0.1) is 22.8 Å². The number of carbonyl (C=O) groups is 1. The maximum absolute atomic E-state index is 12.5. The normalized spacial score (nSPS) is 20.9. The van der Waals surface area contributed by atoms with Crippen LogP contribution < -0.4 is 5.32 Å². The second-order valence-corrected chi connectivity index (χ2v) is 7.49. The van der Waals surface area contributed by atoms with Gasteiger partial charge in [-0.05, 0) is 19.3 Å². The Morgan fingerprint density at radius 1 is 1.27 bits per heavy atom. The van der Waals surface area contributed by atoms with Gasteiger partial charge < -0.3 is 10.2 Å². The number of nitrogens with zero attached hydrogens (tertiary/aromatic N) is 1. The van der Waals surface area contributed by atoms with Gasteiger partial charge in [-0.2, -0.15) is 0 Å². The van der Waals surface area contributed by atoms with Crippen molar-refractivity contribution in [3.05, 3.63) is 32.5 Å². The van der Waals surface area contributed by atoms with Crippen molar-refractivity contribution >= 4 is 29.3 Å². The molecule has 1 N–H and O–H groups in total. The number of halogens is 1. The van der Waals surface area contributed by atoms with Crippen LogP contribution in [0.3, 0.4) is 0 Å². The van der Waals surface area contributed by atoms with Crippen LogP contribution in [0.5, 0.6) is 0 Å². The Morgan fingerprint density at radius 2 is 2.09 bits per heavy atom. The standard InChI is InChI=1S/C17H23ClN2OS/c1-3-5-6-7-13-16-11(10-22-13)15(18)14-12(19-16)9-20(8-4-2)17(14)21/h19H,3-10H2,1-2H3. The highest BCUT2D eigenvalue weighted by atomic mass is 35.5. The molecule has 0 fully saturated rings. The lowest BCUT2D eigenvalue weighted by molar-refractivity contribution is -0.125. The van der Waals surface area contributed by atoms with Gasteiger partial charge in [0.2, 0.25) is 0 Å². The van der Waals surface area contributed by atoms with Crippen molar-refractivity contribution in [1.82, 2.24) is 10.2 Å². The highest BCUT2D eigenvalue weighted by Crippen LogP contribution is 2.45. The molecule has 0 atom stereocenters. The van der Waals surface area contributed by atoms with Crippen LogP contribution in [0, 0.1) is 0 Å². The number of fused-ring (bicyclic) bond motifs is 1. The molecule has 0 saturated heterocycles. The van der Waals surface area contributed by atoms with Crippen LogP contribution in [0.4, 0.5) is 0 Å². The first-order valence-corrected chi connectivity index (χ1v) is 9.58. The molecule has 3 heterocycles. The Kier molecular flexibility index (Phi) is 4.88. The quantitative estimate of drug-likeness (QED) is 0.739. The number of allylic oxidation sites excluding steroid dienone is 2. The third kappa shape index (κ3) is 2.71. The molecule has 0 aliphatic carbocycles. The molecule has 3 aliphatic rings. The third-order valence-corrected chi connectivity index (χ3v) is 5.99. The Labute approximate surface area is 141 Å². The van der Waals surface area contributed by atoms with Crippen LogP contribution in [-0.2, 0) is 4.79 Å². The van der Waals surface area contributed by atoms with Crippen LogP contribution in [0.2, 0.25) is 0 Å². The van der Waals surface area contributed by atoms with E-state index in [-0.39, 0.29) is 5.91 Å². The van der Waals surface area contributed by atoms with E-state index in [0.717, 1.165) is 36.4 Å². The van der Waals surface area contributed by atoms with Gasteiger partial charge >= 0.3 is 0 Å². The van der Waals surface area contributed by atoms with Crippen molar-refractivity contribution < 1.29 is 4.79 Å². The number of unbranched alkanes of at least 4 members (excludes halogenated alkanes) is 2.